The van der Waals surface area contributed by atoms with Crippen molar-refractivity contribution in [1.82, 2.24) is 9.97 Å². The molecule has 2 nitrogen and oxygen atoms in total. The van der Waals surface area contributed by atoms with Crippen LogP contribution in [0.15, 0.2) is 231 Å². The number of hydrogen-bond acceptors (Lipinski definition) is 3. The summed E-state index contributed by atoms with van der Waals surface area (Å²) in [4.78, 5) is 10.7. The zero-order valence-corrected chi connectivity index (χ0v) is 34.6. The van der Waals surface area contributed by atoms with Crippen molar-refractivity contribution in [1.29, 1.82) is 0 Å². The van der Waals surface area contributed by atoms with Crippen LogP contribution in [-0.2, 0) is 5.41 Å². The lowest BCUT2D eigenvalue weighted by Gasteiger charge is -2.34. The Balaban J connectivity index is 1.07. The Labute approximate surface area is 365 Å². The predicted molar refractivity (Wildman–Crippen MR) is 259 cm³/mol. The fraction of sp³-hybridized carbons (Fsp3) is 0.0169. The smallest absolute Gasteiger partial charge is 0.160 e. The second-order valence-electron chi connectivity index (χ2n) is 16.0. The van der Waals surface area contributed by atoms with Gasteiger partial charge in [0.2, 0.25) is 0 Å². The van der Waals surface area contributed by atoms with Crippen molar-refractivity contribution in [2.45, 2.75) is 5.41 Å². The number of aromatic nitrogens is 2. The Morgan fingerprint density at radius 3 is 1.55 bits per heavy atom. The van der Waals surface area contributed by atoms with Crippen LogP contribution in [0.25, 0.3) is 87.5 Å². The van der Waals surface area contributed by atoms with Gasteiger partial charge >= 0.3 is 0 Å². The number of benzene rings is 9. The number of fused-ring (bicyclic) bond motifs is 6. The van der Waals surface area contributed by atoms with Gasteiger partial charge in [0, 0.05) is 42.4 Å². The van der Waals surface area contributed by atoms with Crippen LogP contribution in [0.2, 0.25) is 0 Å². The minimum Gasteiger partial charge on any atom is -0.228 e. The summed E-state index contributed by atoms with van der Waals surface area (Å²) in [6.45, 7) is 0. The summed E-state index contributed by atoms with van der Waals surface area (Å²) >= 11 is 1.86. The van der Waals surface area contributed by atoms with Crippen molar-refractivity contribution in [3.8, 4) is 67.3 Å². The van der Waals surface area contributed by atoms with Gasteiger partial charge in [0.1, 0.15) is 0 Å². The van der Waals surface area contributed by atoms with Crippen LogP contribution in [0, 0.1) is 0 Å². The van der Waals surface area contributed by atoms with E-state index in [9.17, 15) is 0 Å². The SMILES string of the molecule is c1ccc(-c2nc(-c3ccccc3-c3ccc4c(c3)C(c3ccccc3)(c3ccccc3)c3ccccc3-4)cc(-c3ccccc3-c3cccc4c3sc3ccccc34)n2)cc1. The Hall–Kier alpha value is -7.72. The Morgan fingerprint density at radius 1 is 0.323 bits per heavy atom. The summed E-state index contributed by atoms with van der Waals surface area (Å²) in [7, 11) is 0. The Morgan fingerprint density at radius 2 is 0.839 bits per heavy atom. The third-order valence-electron chi connectivity index (χ3n) is 12.6. The lowest BCUT2D eigenvalue weighted by atomic mass is 9.67. The molecule has 2 aromatic heterocycles. The van der Waals surface area contributed by atoms with Gasteiger partial charge < -0.3 is 0 Å². The van der Waals surface area contributed by atoms with E-state index in [1.165, 1.54) is 59.1 Å². The fourth-order valence-electron chi connectivity index (χ4n) is 9.91. The molecule has 290 valence electrons. The number of thiophene rings is 1. The molecule has 0 N–H and O–H groups in total. The van der Waals surface area contributed by atoms with Gasteiger partial charge in [-0.1, -0.05) is 212 Å². The van der Waals surface area contributed by atoms with Gasteiger partial charge in [-0.15, -0.1) is 11.3 Å². The minimum atomic E-state index is -0.497. The fourth-order valence-corrected chi connectivity index (χ4v) is 11.1. The molecule has 0 fully saturated rings. The summed E-state index contributed by atoms with van der Waals surface area (Å²) in [5.41, 5.74) is 16.6. The first-order valence-corrected chi connectivity index (χ1v) is 22.0. The Kier molecular flexibility index (Phi) is 8.62. The third kappa shape index (κ3) is 5.70. The van der Waals surface area contributed by atoms with Gasteiger partial charge in [-0.05, 0) is 68.3 Å². The van der Waals surface area contributed by atoms with E-state index < -0.39 is 5.41 Å². The number of rotatable bonds is 7. The summed E-state index contributed by atoms with van der Waals surface area (Å²) in [5.74, 6) is 0.694. The van der Waals surface area contributed by atoms with Gasteiger partial charge in [0.05, 0.1) is 16.8 Å². The molecule has 0 spiro atoms. The summed E-state index contributed by atoms with van der Waals surface area (Å²) in [6, 6.07) is 83.4. The normalized spacial score (nSPS) is 12.6. The van der Waals surface area contributed by atoms with E-state index in [2.05, 4.69) is 224 Å². The molecule has 0 bridgehead atoms. The first-order chi connectivity index (χ1) is 30.8. The second-order valence-corrected chi connectivity index (χ2v) is 17.0. The van der Waals surface area contributed by atoms with Crippen LogP contribution in [0.4, 0.5) is 0 Å². The summed E-state index contributed by atoms with van der Waals surface area (Å²) in [5, 5.41) is 2.57. The lowest BCUT2D eigenvalue weighted by molar-refractivity contribution is 0.769. The maximum atomic E-state index is 5.39. The van der Waals surface area contributed by atoms with Crippen molar-refractivity contribution in [3.63, 3.8) is 0 Å². The molecule has 9 aromatic carbocycles. The molecule has 0 unspecified atom stereocenters. The predicted octanol–water partition coefficient (Wildman–Crippen LogP) is 15.5. The minimum absolute atomic E-state index is 0.497. The van der Waals surface area contributed by atoms with Crippen LogP contribution >= 0.6 is 11.3 Å². The van der Waals surface area contributed by atoms with Gasteiger partial charge in [-0.25, -0.2) is 9.97 Å². The second kappa shape index (κ2) is 14.8. The van der Waals surface area contributed by atoms with Crippen LogP contribution in [0.1, 0.15) is 22.3 Å². The molecule has 3 heteroatoms. The van der Waals surface area contributed by atoms with Crippen molar-refractivity contribution >= 4 is 31.5 Å². The van der Waals surface area contributed by atoms with Gasteiger partial charge in [0.15, 0.2) is 5.82 Å². The van der Waals surface area contributed by atoms with Crippen molar-refractivity contribution in [2.24, 2.45) is 0 Å². The van der Waals surface area contributed by atoms with Crippen LogP contribution in [0.5, 0.6) is 0 Å². The molecular formula is C59H38N2S. The lowest BCUT2D eigenvalue weighted by Crippen LogP contribution is -2.28. The zero-order chi connectivity index (χ0) is 41.0. The molecule has 1 aliphatic rings. The monoisotopic (exact) mass is 806 g/mol. The van der Waals surface area contributed by atoms with E-state index >= 15 is 0 Å². The van der Waals surface area contributed by atoms with Crippen LogP contribution in [-0.4, -0.2) is 9.97 Å². The molecular weight excluding hydrogens is 769 g/mol. The first kappa shape index (κ1) is 36.2. The highest BCUT2D eigenvalue weighted by Crippen LogP contribution is 2.57. The van der Waals surface area contributed by atoms with Crippen molar-refractivity contribution < 1.29 is 0 Å². The topological polar surface area (TPSA) is 25.8 Å². The number of nitrogens with zero attached hydrogens (tertiary/aromatic N) is 2. The Bertz CT molecular complexity index is 3420. The van der Waals surface area contributed by atoms with E-state index in [1.54, 1.807) is 0 Å². The van der Waals surface area contributed by atoms with E-state index in [-0.39, 0.29) is 0 Å². The highest BCUT2D eigenvalue weighted by Gasteiger charge is 2.46. The third-order valence-corrected chi connectivity index (χ3v) is 13.8. The van der Waals surface area contributed by atoms with E-state index in [4.69, 9.17) is 9.97 Å². The quantitative estimate of drug-likeness (QED) is 0.160. The molecule has 2 heterocycles. The van der Waals surface area contributed by atoms with E-state index in [0.29, 0.717) is 5.82 Å². The maximum Gasteiger partial charge on any atom is 0.160 e. The molecule has 0 amide bonds. The maximum absolute atomic E-state index is 5.39. The molecule has 12 rings (SSSR count). The van der Waals surface area contributed by atoms with E-state index in [1.807, 2.05) is 17.4 Å². The molecule has 0 aliphatic heterocycles. The van der Waals surface area contributed by atoms with Crippen LogP contribution in [0.3, 0.4) is 0 Å². The highest BCUT2D eigenvalue weighted by molar-refractivity contribution is 7.26. The molecule has 0 saturated heterocycles. The molecule has 62 heavy (non-hydrogen) atoms. The van der Waals surface area contributed by atoms with Crippen molar-refractivity contribution in [3.05, 3.63) is 253 Å². The van der Waals surface area contributed by atoms with Gasteiger partial charge in [-0.3, -0.25) is 0 Å². The van der Waals surface area contributed by atoms with Gasteiger partial charge in [0.25, 0.3) is 0 Å². The average Bonchev–Trinajstić information content (AvgIpc) is 3.88. The van der Waals surface area contributed by atoms with E-state index in [0.717, 1.165) is 44.8 Å². The largest absolute Gasteiger partial charge is 0.228 e. The zero-order valence-electron chi connectivity index (χ0n) is 33.7. The summed E-state index contributed by atoms with van der Waals surface area (Å²) < 4.78 is 2.57. The molecule has 0 saturated carbocycles. The first-order valence-electron chi connectivity index (χ1n) is 21.2. The standard InChI is InChI=1S/C59H38N2S/c1-4-19-39(20-5-1)58-60-54(38-55(61-58)48-29-13-11-26-44(48)50-31-18-32-51-49-30-15-17-34-56(49)62-57(50)51)47-28-12-10-25-43(47)40-35-36-46-45-27-14-16-33-52(45)59(53(46)37-40,41-21-6-2-7-22-41)42-23-8-3-9-24-42/h1-38H. The molecule has 11 aromatic rings. The summed E-state index contributed by atoms with van der Waals surface area (Å²) in [6.07, 6.45) is 0. The van der Waals surface area contributed by atoms with Crippen LogP contribution < -0.4 is 0 Å². The molecule has 0 atom stereocenters. The van der Waals surface area contributed by atoms with Gasteiger partial charge in [-0.2, -0.15) is 0 Å². The molecule has 1 aliphatic carbocycles. The average molecular weight is 807 g/mol. The highest BCUT2D eigenvalue weighted by atomic mass is 32.1. The molecule has 0 radical (unpaired) electrons. The van der Waals surface area contributed by atoms with Crippen molar-refractivity contribution in [2.75, 3.05) is 0 Å². The number of hydrogen-bond donors (Lipinski definition) is 0.